The Morgan fingerprint density at radius 2 is 2.08 bits per heavy atom. The quantitative estimate of drug-likeness (QED) is 0.687. The van der Waals surface area contributed by atoms with Crippen molar-refractivity contribution in [2.45, 2.75) is 32.4 Å². The summed E-state index contributed by atoms with van der Waals surface area (Å²) >= 11 is 1.62. The first-order valence-electron chi connectivity index (χ1n) is 8.08. The first-order valence-corrected chi connectivity index (χ1v) is 8.96. The van der Waals surface area contributed by atoms with Gasteiger partial charge in [0.05, 0.1) is 11.4 Å². The number of rotatable bonds is 5. The summed E-state index contributed by atoms with van der Waals surface area (Å²) in [6.07, 6.45) is 2.13. The average Bonchev–Trinajstić information content (AvgIpc) is 3.10. The van der Waals surface area contributed by atoms with Gasteiger partial charge in [-0.25, -0.2) is 0 Å². The Hall–Kier alpha value is -2.40. The maximum absolute atomic E-state index is 12.8. The molecule has 122 valence electrons. The van der Waals surface area contributed by atoms with E-state index in [9.17, 15) is 4.79 Å². The molecule has 4 nitrogen and oxygen atoms in total. The van der Waals surface area contributed by atoms with Crippen molar-refractivity contribution < 1.29 is 9.32 Å². The van der Waals surface area contributed by atoms with Gasteiger partial charge in [-0.1, -0.05) is 28.9 Å². The van der Waals surface area contributed by atoms with E-state index in [1.54, 1.807) is 11.3 Å². The minimum Gasteiger partial charge on any atom is -0.355 e. The van der Waals surface area contributed by atoms with Crippen LogP contribution in [0.4, 0.5) is 0 Å². The van der Waals surface area contributed by atoms with E-state index in [0.29, 0.717) is 12.6 Å². The maximum atomic E-state index is 12.8. The van der Waals surface area contributed by atoms with Gasteiger partial charge < -0.3 is 9.42 Å². The summed E-state index contributed by atoms with van der Waals surface area (Å²) in [6.45, 7) is 2.51. The molecular weight excluding hydrogens is 320 g/mol. The van der Waals surface area contributed by atoms with Gasteiger partial charge in [0.25, 0.3) is 5.91 Å². The number of benzene rings is 1. The van der Waals surface area contributed by atoms with Gasteiger partial charge in [-0.15, -0.1) is 11.3 Å². The molecular formula is C19H18N2O2S. The molecule has 2 heterocycles. The lowest BCUT2D eigenvalue weighted by atomic mass is 10.1. The number of nitrogens with zero attached hydrogens (tertiary/aromatic N) is 2. The van der Waals surface area contributed by atoms with E-state index in [1.807, 2.05) is 59.7 Å². The van der Waals surface area contributed by atoms with Crippen molar-refractivity contribution in [1.82, 2.24) is 10.1 Å². The molecule has 1 aliphatic carbocycles. The third-order valence-electron chi connectivity index (χ3n) is 4.20. The number of amides is 1. The molecule has 2 aromatic heterocycles. The third-order valence-corrected chi connectivity index (χ3v) is 5.09. The van der Waals surface area contributed by atoms with Crippen molar-refractivity contribution in [3.05, 3.63) is 64.7 Å². The van der Waals surface area contributed by atoms with Crippen molar-refractivity contribution in [2.24, 2.45) is 0 Å². The van der Waals surface area contributed by atoms with Gasteiger partial charge in [-0.05, 0) is 43.3 Å². The minimum atomic E-state index is 0.0678. The Labute approximate surface area is 144 Å². The summed E-state index contributed by atoms with van der Waals surface area (Å²) in [5.74, 6) is 0.830. The predicted molar refractivity (Wildman–Crippen MR) is 93.9 cm³/mol. The lowest BCUT2D eigenvalue weighted by Gasteiger charge is -2.21. The summed E-state index contributed by atoms with van der Waals surface area (Å²) < 4.78 is 5.43. The van der Waals surface area contributed by atoms with Crippen molar-refractivity contribution >= 4 is 17.2 Å². The Bertz CT molecular complexity index is 833. The van der Waals surface area contributed by atoms with Gasteiger partial charge in [0.2, 0.25) is 0 Å². The minimum absolute atomic E-state index is 0.0678. The molecule has 0 spiro atoms. The summed E-state index contributed by atoms with van der Waals surface area (Å²) in [6, 6.07) is 14.0. The van der Waals surface area contributed by atoms with Crippen LogP contribution in [0.3, 0.4) is 0 Å². The SMILES string of the molecule is Cc1ccc(C(=O)N(Cc2cc(-c3cccs3)on2)C2CC2)cc1. The zero-order chi connectivity index (χ0) is 16.5. The van der Waals surface area contributed by atoms with Crippen LogP contribution < -0.4 is 0 Å². The molecule has 1 aliphatic rings. The molecule has 0 aliphatic heterocycles. The van der Waals surface area contributed by atoms with Crippen LogP contribution in [-0.4, -0.2) is 22.0 Å². The zero-order valence-corrected chi connectivity index (χ0v) is 14.3. The Morgan fingerprint density at radius 1 is 1.29 bits per heavy atom. The van der Waals surface area contributed by atoms with Gasteiger partial charge >= 0.3 is 0 Å². The summed E-state index contributed by atoms with van der Waals surface area (Å²) in [7, 11) is 0. The van der Waals surface area contributed by atoms with Gasteiger partial charge in [-0.3, -0.25) is 4.79 Å². The van der Waals surface area contributed by atoms with Crippen molar-refractivity contribution in [3.8, 4) is 10.6 Å². The average molecular weight is 338 g/mol. The number of hydrogen-bond acceptors (Lipinski definition) is 4. The molecule has 1 amide bonds. The second-order valence-corrected chi connectivity index (χ2v) is 7.14. The standard InChI is InChI=1S/C19H18N2O2S/c1-13-4-6-14(7-5-13)19(22)21(16-8-9-16)12-15-11-17(23-20-15)18-3-2-10-24-18/h2-7,10-11,16H,8-9,12H2,1H3. The molecule has 0 N–H and O–H groups in total. The summed E-state index contributed by atoms with van der Waals surface area (Å²) in [4.78, 5) is 15.8. The number of aromatic nitrogens is 1. The molecule has 1 fully saturated rings. The van der Waals surface area contributed by atoms with Crippen molar-refractivity contribution in [2.75, 3.05) is 0 Å². The highest BCUT2D eigenvalue weighted by Gasteiger charge is 2.33. The molecule has 24 heavy (non-hydrogen) atoms. The molecule has 0 radical (unpaired) electrons. The second kappa shape index (κ2) is 6.24. The van der Waals surface area contributed by atoms with E-state index in [0.717, 1.165) is 40.3 Å². The highest BCUT2D eigenvalue weighted by Crippen LogP contribution is 2.31. The van der Waals surface area contributed by atoms with Crippen LogP contribution in [-0.2, 0) is 6.54 Å². The normalized spacial score (nSPS) is 13.9. The van der Waals surface area contributed by atoms with Crippen LogP contribution >= 0.6 is 11.3 Å². The number of carbonyl (C=O) groups excluding carboxylic acids is 1. The van der Waals surface area contributed by atoms with E-state index >= 15 is 0 Å². The fraction of sp³-hybridized carbons (Fsp3) is 0.263. The van der Waals surface area contributed by atoms with Gasteiger partial charge in [0.15, 0.2) is 5.76 Å². The molecule has 3 aromatic rings. The second-order valence-electron chi connectivity index (χ2n) is 6.19. The van der Waals surface area contributed by atoms with Gasteiger partial charge in [-0.2, -0.15) is 0 Å². The zero-order valence-electron chi connectivity index (χ0n) is 13.4. The Morgan fingerprint density at radius 3 is 2.75 bits per heavy atom. The van der Waals surface area contributed by atoms with Crippen LogP contribution in [0.1, 0.15) is 34.5 Å². The number of carbonyl (C=O) groups is 1. The largest absolute Gasteiger partial charge is 0.355 e. The van der Waals surface area contributed by atoms with Crippen LogP contribution in [0.2, 0.25) is 0 Å². The van der Waals surface area contributed by atoms with Crippen molar-refractivity contribution in [3.63, 3.8) is 0 Å². The highest BCUT2D eigenvalue weighted by atomic mass is 32.1. The smallest absolute Gasteiger partial charge is 0.254 e. The number of hydrogen-bond donors (Lipinski definition) is 0. The molecule has 0 bridgehead atoms. The lowest BCUT2D eigenvalue weighted by Crippen LogP contribution is -2.32. The first kappa shape index (κ1) is 15.1. The lowest BCUT2D eigenvalue weighted by molar-refractivity contribution is 0.0726. The van der Waals surface area contributed by atoms with Crippen LogP contribution in [0, 0.1) is 6.92 Å². The topological polar surface area (TPSA) is 46.3 Å². The van der Waals surface area contributed by atoms with E-state index in [4.69, 9.17) is 4.52 Å². The van der Waals surface area contributed by atoms with Gasteiger partial charge in [0, 0.05) is 17.7 Å². The Balaban J connectivity index is 1.54. The van der Waals surface area contributed by atoms with E-state index in [2.05, 4.69) is 5.16 Å². The third kappa shape index (κ3) is 3.12. The highest BCUT2D eigenvalue weighted by molar-refractivity contribution is 7.13. The fourth-order valence-corrected chi connectivity index (χ4v) is 3.38. The molecule has 4 rings (SSSR count). The molecule has 0 saturated heterocycles. The maximum Gasteiger partial charge on any atom is 0.254 e. The van der Waals surface area contributed by atoms with Crippen molar-refractivity contribution in [1.29, 1.82) is 0 Å². The van der Waals surface area contributed by atoms with E-state index < -0.39 is 0 Å². The van der Waals surface area contributed by atoms with E-state index in [1.165, 1.54) is 0 Å². The molecule has 1 aromatic carbocycles. The number of thiophene rings is 1. The molecule has 5 heteroatoms. The van der Waals surface area contributed by atoms with Crippen LogP contribution in [0.15, 0.2) is 52.4 Å². The predicted octanol–water partition coefficient (Wildman–Crippen LogP) is 4.52. The van der Waals surface area contributed by atoms with Gasteiger partial charge in [0.1, 0.15) is 5.69 Å². The summed E-state index contributed by atoms with van der Waals surface area (Å²) in [5, 5.41) is 6.16. The molecule has 0 unspecified atom stereocenters. The molecule has 0 atom stereocenters. The fourth-order valence-electron chi connectivity index (χ4n) is 2.71. The Kier molecular flexibility index (Phi) is 3.94. The monoisotopic (exact) mass is 338 g/mol. The van der Waals surface area contributed by atoms with E-state index in [-0.39, 0.29) is 5.91 Å². The molecule has 1 saturated carbocycles. The number of aryl methyl sites for hydroxylation is 1. The summed E-state index contributed by atoms with van der Waals surface area (Å²) in [5.41, 5.74) is 2.68. The van der Waals surface area contributed by atoms with Crippen LogP contribution in [0.5, 0.6) is 0 Å². The first-order chi connectivity index (χ1) is 11.7. The van der Waals surface area contributed by atoms with Crippen LogP contribution in [0.25, 0.3) is 10.6 Å².